The molecule has 0 fully saturated rings. The highest BCUT2D eigenvalue weighted by atomic mass is 16.3. The summed E-state index contributed by atoms with van der Waals surface area (Å²) in [6.45, 7) is 0. The molecule has 258 valence electrons. The van der Waals surface area contributed by atoms with Crippen molar-refractivity contribution < 1.29 is 8.83 Å². The van der Waals surface area contributed by atoms with Gasteiger partial charge >= 0.3 is 0 Å². The Morgan fingerprint density at radius 1 is 0.327 bits per heavy atom. The highest BCUT2D eigenvalue weighted by molar-refractivity contribution is 6.19. The molecular formula is C52H33NO2. The lowest BCUT2D eigenvalue weighted by Gasteiger charge is -2.29. The number of nitrogens with zero attached hydrogens (tertiary/aromatic N) is 1. The van der Waals surface area contributed by atoms with Gasteiger partial charge in [-0.2, -0.15) is 0 Å². The highest BCUT2D eigenvalue weighted by Gasteiger charge is 2.25. The normalized spacial score (nSPS) is 11.6. The predicted octanol–water partition coefficient (Wildman–Crippen LogP) is 15.1. The van der Waals surface area contributed by atoms with Gasteiger partial charge in [0.2, 0.25) is 0 Å². The van der Waals surface area contributed by atoms with E-state index in [1.54, 1.807) is 0 Å². The summed E-state index contributed by atoms with van der Waals surface area (Å²) in [5, 5.41) is 6.74. The molecule has 0 aliphatic rings. The van der Waals surface area contributed by atoms with Gasteiger partial charge in [-0.1, -0.05) is 146 Å². The Morgan fingerprint density at radius 3 is 1.71 bits per heavy atom. The summed E-state index contributed by atoms with van der Waals surface area (Å²) in [5.41, 5.74) is 13.4. The van der Waals surface area contributed by atoms with Crippen LogP contribution in [0.4, 0.5) is 17.1 Å². The molecule has 3 heteroatoms. The third kappa shape index (κ3) is 5.13. The van der Waals surface area contributed by atoms with Crippen molar-refractivity contribution in [2.45, 2.75) is 0 Å². The van der Waals surface area contributed by atoms with Crippen molar-refractivity contribution in [3.05, 3.63) is 200 Å². The molecule has 0 saturated carbocycles. The Balaban J connectivity index is 1.26. The molecule has 55 heavy (non-hydrogen) atoms. The minimum atomic E-state index is 0.842. The van der Waals surface area contributed by atoms with Gasteiger partial charge in [-0.25, -0.2) is 0 Å². The van der Waals surface area contributed by atoms with Gasteiger partial charge in [0, 0.05) is 44.5 Å². The molecule has 0 radical (unpaired) electrons. The third-order valence-corrected chi connectivity index (χ3v) is 10.9. The van der Waals surface area contributed by atoms with Gasteiger partial charge < -0.3 is 13.7 Å². The molecule has 0 bridgehead atoms. The maximum absolute atomic E-state index is 6.57. The first-order valence-corrected chi connectivity index (χ1v) is 18.7. The van der Waals surface area contributed by atoms with Crippen molar-refractivity contribution in [3.8, 4) is 33.4 Å². The molecule has 11 rings (SSSR count). The summed E-state index contributed by atoms with van der Waals surface area (Å²) in [6.07, 6.45) is 0. The van der Waals surface area contributed by atoms with Gasteiger partial charge in [-0.3, -0.25) is 0 Å². The zero-order chi connectivity index (χ0) is 36.3. The summed E-state index contributed by atoms with van der Waals surface area (Å²) in [7, 11) is 0. The maximum atomic E-state index is 6.57. The number of para-hydroxylation sites is 2. The van der Waals surface area contributed by atoms with Crippen LogP contribution in [-0.4, -0.2) is 0 Å². The van der Waals surface area contributed by atoms with E-state index in [1.807, 2.05) is 18.2 Å². The molecular weight excluding hydrogens is 671 g/mol. The lowest BCUT2D eigenvalue weighted by molar-refractivity contribution is 0.668. The van der Waals surface area contributed by atoms with Crippen molar-refractivity contribution in [2.24, 2.45) is 0 Å². The van der Waals surface area contributed by atoms with Gasteiger partial charge in [0.05, 0.1) is 5.69 Å². The molecule has 0 amide bonds. The quantitative estimate of drug-likeness (QED) is 0.173. The molecule has 0 unspecified atom stereocenters. The number of rotatable bonds is 6. The van der Waals surface area contributed by atoms with Crippen LogP contribution in [0, 0.1) is 0 Å². The van der Waals surface area contributed by atoms with Gasteiger partial charge in [-0.15, -0.1) is 0 Å². The number of hydrogen-bond acceptors (Lipinski definition) is 3. The second-order valence-corrected chi connectivity index (χ2v) is 14.0. The van der Waals surface area contributed by atoms with Crippen LogP contribution in [0.15, 0.2) is 209 Å². The van der Waals surface area contributed by atoms with Crippen LogP contribution in [-0.2, 0) is 0 Å². The van der Waals surface area contributed by atoms with Crippen molar-refractivity contribution >= 4 is 71.7 Å². The van der Waals surface area contributed by atoms with Gasteiger partial charge in [0.15, 0.2) is 0 Å². The molecule has 2 aromatic heterocycles. The summed E-state index contributed by atoms with van der Waals surface area (Å²) < 4.78 is 13.1. The molecule has 0 saturated heterocycles. The number of anilines is 3. The summed E-state index contributed by atoms with van der Waals surface area (Å²) in [5.74, 6) is 0. The standard InChI is InChI=1S/C52H33NO2/c1-3-14-34(15-4-1)40-28-26-37(32-45(40)36-16-5-2-6-17-36)53(38-27-29-42-41-21-9-11-24-47(41)55-50(42)33-38)46-30-31-49-52(44-22-10-12-25-48(44)54-49)51(46)43-23-13-19-35-18-7-8-20-39(35)43/h1-33H. The van der Waals surface area contributed by atoms with Crippen molar-refractivity contribution in [1.82, 2.24) is 0 Å². The minimum Gasteiger partial charge on any atom is -0.456 e. The first kappa shape index (κ1) is 31.2. The fourth-order valence-corrected chi connectivity index (χ4v) is 8.39. The number of fused-ring (bicyclic) bond motifs is 7. The molecule has 3 nitrogen and oxygen atoms in total. The molecule has 0 aliphatic heterocycles. The Hall–Kier alpha value is -7.36. The molecule has 0 aliphatic carbocycles. The SMILES string of the molecule is c1ccc(-c2ccc(N(c3ccc4c(c3)oc3ccccc34)c3ccc4oc5ccccc5c4c3-c3cccc4ccccc34)cc2-c2ccccc2)cc1. The minimum absolute atomic E-state index is 0.842. The molecule has 9 aromatic carbocycles. The van der Waals surface area contributed by atoms with E-state index in [0.29, 0.717) is 0 Å². The summed E-state index contributed by atoms with van der Waals surface area (Å²) in [6, 6.07) is 71.0. The molecule has 0 atom stereocenters. The summed E-state index contributed by atoms with van der Waals surface area (Å²) >= 11 is 0. The fourth-order valence-electron chi connectivity index (χ4n) is 8.39. The van der Waals surface area contributed by atoms with Crippen LogP contribution < -0.4 is 4.90 Å². The van der Waals surface area contributed by atoms with E-state index >= 15 is 0 Å². The van der Waals surface area contributed by atoms with Crippen molar-refractivity contribution in [3.63, 3.8) is 0 Å². The molecule has 0 N–H and O–H groups in total. The van der Waals surface area contributed by atoms with Crippen LogP contribution in [0.1, 0.15) is 0 Å². The smallest absolute Gasteiger partial charge is 0.137 e. The van der Waals surface area contributed by atoms with E-state index in [9.17, 15) is 0 Å². The Kier molecular flexibility index (Phi) is 7.17. The average Bonchev–Trinajstić information content (AvgIpc) is 3.82. The molecule has 0 spiro atoms. The van der Waals surface area contributed by atoms with Gasteiger partial charge in [-0.05, 0) is 87.1 Å². The number of hydrogen-bond donors (Lipinski definition) is 0. The summed E-state index contributed by atoms with van der Waals surface area (Å²) in [4.78, 5) is 2.39. The lowest BCUT2D eigenvalue weighted by Crippen LogP contribution is -2.12. The van der Waals surface area contributed by atoms with E-state index in [4.69, 9.17) is 8.83 Å². The zero-order valence-electron chi connectivity index (χ0n) is 29.8. The third-order valence-electron chi connectivity index (χ3n) is 10.9. The van der Waals surface area contributed by atoms with E-state index < -0.39 is 0 Å². The van der Waals surface area contributed by atoms with Crippen LogP contribution in [0.25, 0.3) is 88.0 Å². The Labute approximate surface area is 317 Å². The van der Waals surface area contributed by atoms with E-state index in [0.717, 1.165) is 83.2 Å². The second kappa shape index (κ2) is 12.6. The van der Waals surface area contributed by atoms with Crippen molar-refractivity contribution in [2.75, 3.05) is 4.90 Å². The first-order valence-electron chi connectivity index (χ1n) is 18.7. The lowest BCUT2D eigenvalue weighted by atomic mass is 9.91. The Morgan fingerprint density at radius 2 is 0.909 bits per heavy atom. The molecule has 2 heterocycles. The molecule has 11 aromatic rings. The monoisotopic (exact) mass is 703 g/mol. The largest absolute Gasteiger partial charge is 0.456 e. The highest BCUT2D eigenvalue weighted by Crippen LogP contribution is 2.50. The van der Waals surface area contributed by atoms with Crippen LogP contribution in [0.2, 0.25) is 0 Å². The van der Waals surface area contributed by atoms with Crippen molar-refractivity contribution in [1.29, 1.82) is 0 Å². The van der Waals surface area contributed by atoms with Crippen LogP contribution >= 0.6 is 0 Å². The zero-order valence-corrected chi connectivity index (χ0v) is 29.8. The first-order chi connectivity index (χ1) is 27.3. The van der Waals surface area contributed by atoms with E-state index in [1.165, 1.54) is 21.9 Å². The number of furan rings is 2. The average molecular weight is 704 g/mol. The van der Waals surface area contributed by atoms with E-state index in [-0.39, 0.29) is 0 Å². The van der Waals surface area contributed by atoms with E-state index in [2.05, 4.69) is 187 Å². The maximum Gasteiger partial charge on any atom is 0.137 e. The predicted molar refractivity (Wildman–Crippen MR) is 229 cm³/mol. The van der Waals surface area contributed by atoms with Gasteiger partial charge in [0.1, 0.15) is 22.3 Å². The van der Waals surface area contributed by atoms with Gasteiger partial charge in [0.25, 0.3) is 0 Å². The second-order valence-electron chi connectivity index (χ2n) is 14.0. The van der Waals surface area contributed by atoms with Crippen LogP contribution in [0.5, 0.6) is 0 Å². The topological polar surface area (TPSA) is 29.5 Å². The Bertz CT molecular complexity index is 3200. The number of benzene rings is 9. The van der Waals surface area contributed by atoms with Crippen LogP contribution in [0.3, 0.4) is 0 Å². The fraction of sp³-hybridized carbons (Fsp3) is 0.